The maximum Gasteiger partial charge on any atom is 0.224 e. The monoisotopic (exact) mass is 390 g/mol. The number of nitrogens with zero attached hydrogens (tertiary/aromatic N) is 5. The molecule has 1 fully saturated rings. The molecule has 1 aliphatic heterocycles. The van der Waals surface area contributed by atoms with E-state index in [0.29, 0.717) is 13.1 Å². The molecule has 0 spiro atoms. The Labute approximate surface area is 170 Å². The molecule has 4 rings (SSSR count). The molecule has 1 amide bonds. The molecule has 0 aliphatic carbocycles. The molecule has 3 aromatic rings. The number of rotatable bonds is 7. The molecule has 150 valence electrons. The van der Waals surface area contributed by atoms with Crippen LogP contribution in [0.4, 0.5) is 5.82 Å². The number of nitrogens with one attached hydrogen (secondary N) is 1. The van der Waals surface area contributed by atoms with E-state index in [1.807, 2.05) is 47.2 Å². The summed E-state index contributed by atoms with van der Waals surface area (Å²) in [5.41, 5.74) is 1.97. The van der Waals surface area contributed by atoms with Crippen LogP contribution in [0, 0.1) is 5.92 Å². The summed E-state index contributed by atoms with van der Waals surface area (Å²) in [5.74, 6) is 1.02. The van der Waals surface area contributed by atoms with Crippen LogP contribution in [-0.4, -0.2) is 45.1 Å². The van der Waals surface area contributed by atoms with Crippen LogP contribution in [0.1, 0.15) is 19.3 Å². The molecule has 0 saturated carbocycles. The third-order valence-corrected chi connectivity index (χ3v) is 5.29. The molecular weight excluding hydrogens is 364 g/mol. The minimum atomic E-state index is -0.00728. The number of aryl methyl sites for hydroxylation is 1. The molecule has 1 aliphatic rings. The number of imidazole rings is 1. The highest BCUT2D eigenvalue weighted by atomic mass is 16.1. The number of carbonyl (C=O) groups is 1. The lowest BCUT2D eigenvalue weighted by atomic mass is 9.97. The van der Waals surface area contributed by atoms with Gasteiger partial charge in [-0.1, -0.05) is 30.3 Å². The number of hydrogen-bond donors (Lipinski definition) is 1. The highest BCUT2D eigenvalue weighted by Crippen LogP contribution is 2.25. The van der Waals surface area contributed by atoms with Crippen LogP contribution in [0.15, 0.2) is 61.4 Å². The van der Waals surface area contributed by atoms with E-state index < -0.39 is 0 Å². The van der Waals surface area contributed by atoms with Gasteiger partial charge in [-0.15, -0.1) is 0 Å². The molecule has 1 unspecified atom stereocenters. The van der Waals surface area contributed by atoms with E-state index in [9.17, 15) is 4.79 Å². The largest absolute Gasteiger partial charge is 0.356 e. The number of benzene rings is 1. The molecule has 3 heterocycles. The fourth-order valence-corrected chi connectivity index (χ4v) is 3.72. The fraction of sp³-hybridized carbons (Fsp3) is 0.364. The summed E-state index contributed by atoms with van der Waals surface area (Å²) in [7, 11) is 0. The molecular formula is C22H26N6O. The van der Waals surface area contributed by atoms with E-state index >= 15 is 0 Å². The zero-order valence-corrected chi connectivity index (χ0v) is 16.4. The van der Waals surface area contributed by atoms with Crippen LogP contribution >= 0.6 is 0 Å². The lowest BCUT2D eigenvalue weighted by Crippen LogP contribution is -2.43. The van der Waals surface area contributed by atoms with Gasteiger partial charge >= 0.3 is 0 Å². The highest BCUT2D eigenvalue weighted by molar-refractivity contribution is 5.79. The zero-order valence-electron chi connectivity index (χ0n) is 16.4. The highest BCUT2D eigenvalue weighted by Gasteiger charge is 2.26. The van der Waals surface area contributed by atoms with Gasteiger partial charge in [-0.25, -0.2) is 15.0 Å². The topological polar surface area (TPSA) is 75.9 Å². The van der Waals surface area contributed by atoms with Crippen molar-refractivity contribution >= 4 is 11.7 Å². The van der Waals surface area contributed by atoms with Crippen LogP contribution in [0.3, 0.4) is 0 Å². The van der Waals surface area contributed by atoms with Crippen LogP contribution < -0.4 is 10.2 Å². The first-order valence-corrected chi connectivity index (χ1v) is 10.2. The van der Waals surface area contributed by atoms with Crippen molar-refractivity contribution in [1.82, 2.24) is 24.8 Å². The first kappa shape index (κ1) is 19.1. The number of aromatic nitrogens is 4. The molecule has 29 heavy (non-hydrogen) atoms. The number of amides is 1. The van der Waals surface area contributed by atoms with Crippen molar-refractivity contribution in [2.75, 3.05) is 24.5 Å². The molecule has 0 radical (unpaired) electrons. The van der Waals surface area contributed by atoms with Gasteiger partial charge < -0.3 is 14.8 Å². The molecule has 2 aromatic heterocycles. The first-order valence-electron chi connectivity index (χ1n) is 10.2. The predicted molar refractivity (Wildman–Crippen MR) is 112 cm³/mol. The van der Waals surface area contributed by atoms with Gasteiger partial charge in [-0.3, -0.25) is 4.79 Å². The Morgan fingerprint density at radius 1 is 1.21 bits per heavy atom. The van der Waals surface area contributed by atoms with Gasteiger partial charge in [0.25, 0.3) is 0 Å². The smallest absolute Gasteiger partial charge is 0.224 e. The van der Waals surface area contributed by atoms with Gasteiger partial charge in [-0.05, 0) is 19.3 Å². The fourth-order valence-electron chi connectivity index (χ4n) is 3.72. The van der Waals surface area contributed by atoms with Gasteiger partial charge in [0, 0.05) is 50.2 Å². The lowest BCUT2D eigenvalue weighted by molar-refractivity contribution is -0.125. The Morgan fingerprint density at radius 2 is 2.10 bits per heavy atom. The molecule has 7 heteroatoms. The lowest BCUT2D eigenvalue weighted by Gasteiger charge is -2.33. The van der Waals surface area contributed by atoms with Crippen LogP contribution in [-0.2, 0) is 11.3 Å². The Bertz CT molecular complexity index is 912. The van der Waals surface area contributed by atoms with E-state index in [4.69, 9.17) is 0 Å². The third kappa shape index (κ3) is 4.99. The van der Waals surface area contributed by atoms with E-state index in [1.54, 1.807) is 18.9 Å². The Kier molecular flexibility index (Phi) is 6.14. The summed E-state index contributed by atoms with van der Waals surface area (Å²) in [4.78, 5) is 27.7. The minimum Gasteiger partial charge on any atom is -0.356 e. The van der Waals surface area contributed by atoms with E-state index in [-0.39, 0.29) is 11.8 Å². The summed E-state index contributed by atoms with van der Waals surface area (Å²) in [5, 5.41) is 3.09. The predicted octanol–water partition coefficient (Wildman–Crippen LogP) is 2.76. The van der Waals surface area contributed by atoms with Crippen molar-refractivity contribution in [3.8, 4) is 11.3 Å². The quantitative estimate of drug-likeness (QED) is 0.628. The number of carbonyl (C=O) groups excluding carboxylic acids is 1. The standard InChI is InChI=1S/C22H26N6O/c29-22(24-9-5-11-27-13-10-23-17-27)19-8-4-12-28(15-19)21-14-20(25-16-26-21)18-6-2-1-3-7-18/h1-3,6-7,10,13-14,16-17,19H,4-5,8-9,11-12,15H2,(H,24,29). The molecule has 1 saturated heterocycles. The molecule has 0 bridgehead atoms. The van der Waals surface area contributed by atoms with E-state index in [2.05, 4.69) is 25.2 Å². The maximum atomic E-state index is 12.6. The average Bonchev–Trinajstić information content (AvgIpc) is 3.31. The second kappa shape index (κ2) is 9.32. The molecule has 1 N–H and O–H groups in total. The SMILES string of the molecule is O=C(NCCCn1ccnc1)C1CCCN(c2cc(-c3ccccc3)ncn2)C1. The minimum absolute atomic E-state index is 0.00728. The Balaban J connectivity index is 1.32. The molecule has 1 atom stereocenters. The van der Waals surface area contributed by atoms with Crippen molar-refractivity contribution in [2.24, 2.45) is 5.92 Å². The van der Waals surface area contributed by atoms with Crippen LogP contribution in [0.25, 0.3) is 11.3 Å². The Morgan fingerprint density at radius 3 is 2.93 bits per heavy atom. The Hall–Kier alpha value is -3.22. The summed E-state index contributed by atoms with van der Waals surface area (Å²) in [6, 6.07) is 12.1. The zero-order chi connectivity index (χ0) is 19.9. The molecule has 1 aromatic carbocycles. The van der Waals surface area contributed by atoms with Gasteiger partial charge in [0.2, 0.25) is 5.91 Å². The number of piperidine rings is 1. The van der Waals surface area contributed by atoms with Gasteiger partial charge in [0.15, 0.2) is 0 Å². The first-order chi connectivity index (χ1) is 14.3. The summed E-state index contributed by atoms with van der Waals surface area (Å²) in [6.07, 6.45) is 9.91. The van der Waals surface area contributed by atoms with Crippen LogP contribution in [0.2, 0.25) is 0 Å². The summed E-state index contributed by atoms with van der Waals surface area (Å²) >= 11 is 0. The van der Waals surface area contributed by atoms with Crippen molar-refractivity contribution in [1.29, 1.82) is 0 Å². The maximum absolute atomic E-state index is 12.6. The normalized spacial score (nSPS) is 16.6. The van der Waals surface area contributed by atoms with Gasteiger partial charge in [0.1, 0.15) is 12.1 Å². The van der Waals surface area contributed by atoms with Crippen LogP contribution in [0.5, 0.6) is 0 Å². The van der Waals surface area contributed by atoms with Crippen molar-refractivity contribution in [3.05, 3.63) is 61.4 Å². The summed E-state index contributed by atoms with van der Waals surface area (Å²) < 4.78 is 2.02. The van der Waals surface area contributed by atoms with Crippen molar-refractivity contribution in [3.63, 3.8) is 0 Å². The second-order valence-electron chi connectivity index (χ2n) is 7.36. The second-order valence-corrected chi connectivity index (χ2v) is 7.36. The summed E-state index contributed by atoms with van der Waals surface area (Å²) in [6.45, 7) is 3.15. The van der Waals surface area contributed by atoms with Crippen molar-refractivity contribution < 1.29 is 4.79 Å². The van der Waals surface area contributed by atoms with Crippen molar-refractivity contribution in [2.45, 2.75) is 25.8 Å². The van der Waals surface area contributed by atoms with Gasteiger partial charge in [0.05, 0.1) is 17.9 Å². The van der Waals surface area contributed by atoms with Gasteiger partial charge in [-0.2, -0.15) is 0 Å². The van der Waals surface area contributed by atoms with E-state index in [1.165, 1.54) is 0 Å². The number of anilines is 1. The average molecular weight is 390 g/mol. The third-order valence-electron chi connectivity index (χ3n) is 5.29. The number of hydrogen-bond acceptors (Lipinski definition) is 5. The van der Waals surface area contributed by atoms with E-state index in [0.717, 1.165) is 49.4 Å². The molecule has 7 nitrogen and oxygen atoms in total.